The Morgan fingerprint density at radius 2 is 1.82 bits per heavy atom. The highest BCUT2D eigenvalue weighted by Gasteiger charge is 2.43. The standard InChI is InChI=1S/C20H22F5N3O3S2/c1-33(29,30)28-4-2-12(3-5-28)13-6-14(21)18(15(22)7-13)31-19(10-26-11-19)8-17-27-16(9-32-17)20(23,24)25/h6-7,9,12,26H,2-5,8,10-11H2,1H3. The lowest BCUT2D eigenvalue weighted by molar-refractivity contribution is -0.140. The normalized spacial score (nSPS) is 19.9. The lowest BCUT2D eigenvalue weighted by Crippen LogP contribution is -2.64. The molecule has 2 aromatic rings. The second-order valence-electron chi connectivity index (χ2n) is 8.44. The highest BCUT2D eigenvalue weighted by molar-refractivity contribution is 7.88. The number of thiazole rings is 1. The number of aromatic nitrogens is 1. The first kappa shape index (κ1) is 24.3. The van der Waals surface area contributed by atoms with E-state index in [1.54, 1.807) is 0 Å². The zero-order valence-corrected chi connectivity index (χ0v) is 19.2. The minimum atomic E-state index is -4.56. The van der Waals surface area contributed by atoms with Crippen LogP contribution in [-0.2, 0) is 22.6 Å². The van der Waals surface area contributed by atoms with Gasteiger partial charge in [-0.1, -0.05) is 0 Å². The van der Waals surface area contributed by atoms with Crippen molar-refractivity contribution in [3.05, 3.63) is 45.4 Å². The molecule has 0 amide bonds. The molecule has 0 radical (unpaired) electrons. The Morgan fingerprint density at radius 1 is 1.21 bits per heavy atom. The van der Waals surface area contributed by atoms with Crippen LogP contribution in [0.25, 0.3) is 0 Å². The summed E-state index contributed by atoms with van der Waals surface area (Å²) in [6.07, 6.45) is -2.59. The van der Waals surface area contributed by atoms with Crippen LogP contribution < -0.4 is 10.1 Å². The fourth-order valence-corrected chi connectivity index (χ4v) is 5.89. The number of nitrogens with one attached hydrogen (secondary N) is 1. The molecule has 0 saturated carbocycles. The third-order valence-electron chi connectivity index (χ3n) is 5.94. The van der Waals surface area contributed by atoms with Crippen LogP contribution in [0.2, 0.25) is 0 Å². The highest BCUT2D eigenvalue weighted by atomic mass is 32.2. The number of alkyl halides is 3. The highest BCUT2D eigenvalue weighted by Crippen LogP contribution is 2.37. The summed E-state index contributed by atoms with van der Waals surface area (Å²) in [7, 11) is -3.31. The van der Waals surface area contributed by atoms with Gasteiger partial charge in [-0.3, -0.25) is 0 Å². The fraction of sp³-hybridized carbons (Fsp3) is 0.550. The molecule has 0 aliphatic carbocycles. The van der Waals surface area contributed by atoms with Crippen molar-refractivity contribution in [2.75, 3.05) is 32.4 Å². The molecule has 1 N–H and O–H groups in total. The van der Waals surface area contributed by atoms with Crippen molar-refractivity contribution in [2.24, 2.45) is 0 Å². The Kier molecular flexibility index (Phi) is 6.44. The molecular formula is C20H22F5N3O3S2. The van der Waals surface area contributed by atoms with E-state index in [4.69, 9.17) is 4.74 Å². The van der Waals surface area contributed by atoms with Gasteiger partial charge in [0.1, 0.15) is 5.60 Å². The van der Waals surface area contributed by atoms with Gasteiger partial charge in [0.15, 0.2) is 23.1 Å². The SMILES string of the molecule is CS(=O)(=O)N1CCC(c2cc(F)c(OC3(Cc4nc(C(F)(F)F)cs4)CNC3)c(F)c2)CC1. The van der Waals surface area contributed by atoms with Gasteiger partial charge in [0.2, 0.25) is 10.0 Å². The van der Waals surface area contributed by atoms with E-state index in [-0.39, 0.29) is 43.5 Å². The molecule has 2 aliphatic rings. The van der Waals surface area contributed by atoms with Crippen LogP contribution in [0, 0.1) is 11.6 Å². The molecular weight excluding hydrogens is 489 g/mol. The number of nitrogens with zero attached hydrogens (tertiary/aromatic N) is 2. The van der Waals surface area contributed by atoms with Gasteiger partial charge in [-0.05, 0) is 36.5 Å². The van der Waals surface area contributed by atoms with E-state index in [1.165, 1.54) is 16.4 Å². The summed E-state index contributed by atoms with van der Waals surface area (Å²) in [6.45, 7) is 0.956. The Hall–Kier alpha value is -1.83. The zero-order chi connectivity index (χ0) is 24.0. The molecule has 33 heavy (non-hydrogen) atoms. The largest absolute Gasteiger partial charge is 0.478 e. The van der Waals surface area contributed by atoms with Crippen molar-refractivity contribution in [2.45, 2.75) is 37.0 Å². The van der Waals surface area contributed by atoms with Crippen LogP contribution in [0.1, 0.15) is 35.0 Å². The van der Waals surface area contributed by atoms with Crippen LogP contribution in [-0.4, -0.2) is 55.7 Å². The van der Waals surface area contributed by atoms with Crippen molar-refractivity contribution < 1.29 is 35.1 Å². The molecule has 1 aromatic carbocycles. The summed E-state index contributed by atoms with van der Waals surface area (Å²) < 4.78 is 98.5. The first-order valence-corrected chi connectivity index (χ1v) is 12.9. The van der Waals surface area contributed by atoms with Gasteiger partial charge in [0.25, 0.3) is 0 Å². The summed E-state index contributed by atoms with van der Waals surface area (Å²) in [5.74, 6) is -2.59. The van der Waals surface area contributed by atoms with Gasteiger partial charge >= 0.3 is 6.18 Å². The van der Waals surface area contributed by atoms with Crippen LogP contribution >= 0.6 is 11.3 Å². The van der Waals surface area contributed by atoms with E-state index >= 15 is 0 Å². The monoisotopic (exact) mass is 511 g/mol. The van der Waals surface area contributed by atoms with Crippen molar-refractivity contribution in [1.82, 2.24) is 14.6 Å². The van der Waals surface area contributed by atoms with Gasteiger partial charge in [-0.25, -0.2) is 26.5 Å². The smallest absolute Gasteiger partial charge is 0.434 e. The first-order valence-electron chi connectivity index (χ1n) is 10.2. The predicted molar refractivity (Wildman–Crippen MR) is 112 cm³/mol. The molecule has 13 heteroatoms. The minimum absolute atomic E-state index is 0.0225. The second-order valence-corrected chi connectivity index (χ2v) is 11.4. The topological polar surface area (TPSA) is 71.5 Å². The maximum atomic E-state index is 14.9. The van der Waals surface area contributed by atoms with Gasteiger partial charge in [-0.2, -0.15) is 13.2 Å². The molecule has 4 rings (SSSR count). The third kappa shape index (κ3) is 5.31. The van der Waals surface area contributed by atoms with E-state index < -0.39 is 44.9 Å². The van der Waals surface area contributed by atoms with E-state index in [2.05, 4.69) is 10.3 Å². The number of hydrogen-bond donors (Lipinski definition) is 1. The zero-order valence-electron chi connectivity index (χ0n) is 17.6. The number of hydrogen-bond acceptors (Lipinski definition) is 6. The maximum Gasteiger partial charge on any atom is 0.434 e. The molecule has 0 atom stereocenters. The van der Waals surface area contributed by atoms with E-state index in [1.807, 2.05) is 0 Å². The Bertz CT molecular complexity index is 1100. The first-order chi connectivity index (χ1) is 15.4. The fourth-order valence-electron chi connectivity index (χ4n) is 4.08. The number of ether oxygens (including phenoxy) is 1. The Labute approximate surface area is 191 Å². The van der Waals surface area contributed by atoms with Gasteiger partial charge in [0, 0.05) is 38.0 Å². The third-order valence-corrected chi connectivity index (χ3v) is 8.10. The van der Waals surface area contributed by atoms with Crippen molar-refractivity contribution in [3.63, 3.8) is 0 Å². The average molecular weight is 512 g/mol. The summed E-state index contributed by atoms with van der Waals surface area (Å²) in [6, 6.07) is 2.37. The van der Waals surface area contributed by atoms with E-state index in [0.29, 0.717) is 18.4 Å². The van der Waals surface area contributed by atoms with Crippen molar-refractivity contribution in [1.29, 1.82) is 0 Å². The number of rotatable bonds is 6. The molecule has 3 heterocycles. The lowest BCUT2D eigenvalue weighted by Gasteiger charge is -2.42. The number of sulfonamides is 1. The predicted octanol–water partition coefficient (Wildman–Crippen LogP) is 3.54. The van der Waals surface area contributed by atoms with Gasteiger partial charge in [-0.15, -0.1) is 11.3 Å². The molecule has 0 unspecified atom stereocenters. The average Bonchev–Trinajstić information content (AvgIpc) is 3.17. The van der Waals surface area contributed by atoms with Gasteiger partial charge < -0.3 is 10.1 Å². The van der Waals surface area contributed by atoms with Crippen molar-refractivity contribution >= 4 is 21.4 Å². The summed E-state index contributed by atoms with van der Waals surface area (Å²) in [4.78, 5) is 3.58. The minimum Gasteiger partial charge on any atom is -0.478 e. The molecule has 0 bridgehead atoms. The molecule has 2 aliphatic heterocycles. The summed E-state index contributed by atoms with van der Waals surface area (Å²) in [5.41, 5.74) is -1.69. The maximum absolute atomic E-state index is 14.9. The van der Waals surface area contributed by atoms with Crippen LogP contribution in [0.3, 0.4) is 0 Å². The van der Waals surface area contributed by atoms with Gasteiger partial charge in [0.05, 0.1) is 11.3 Å². The summed E-state index contributed by atoms with van der Waals surface area (Å²) >= 11 is 0.821. The Morgan fingerprint density at radius 3 is 2.27 bits per heavy atom. The quantitative estimate of drug-likeness (QED) is 0.601. The number of halogens is 5. The van der Waals surface area contributed by atoms with Crippen LogP contribution in [0.5, 0.6) is 5.75 Å². The molecule has 2 saturated heterocycles. The molecule has 6 nitrogen and oxygen atoms in total. The van der Waals surface area contributed by atoms with Crippen molar-refractivity contribution in [3.8, 4) is 5.75 Å². The molecule has 2 fully saturated rings. The molecule has 0 spiro atoms. The second kappa shape index (κ2) is 8.75. The van der Waals surface area contributed by atoms with Crippen LogP contribution in [0.15, 0.2) is 17.5 Å². The molecule has 1 aromatic heterocycles. The van der Waals surface area contributed by atoms with E-state index in [9.17, 15) is 30.4 Å². The lowest BCUT2D eigenvalue weighted by atomic mass is 9.89. The molecule has 182 valence electrons. The number of piperidine rings is 1. The van der Waals surface area contributed by atoms with Crippen LogP contribution in [0.4, 0.5) is 22.0 Å². The number of benzene rings is 1. The summed E-state index contributed by atoms with van der Waals surface area (Å²) in [5, 5.41) is 4.00. The van der Waals surface area contributed by atoms with E-state index in [0.717, 1.165) is 23.0 Å². The Balaban J connectivity index is 1.48.